The molecule has 0 aliphatic carbocycles. The second-order valence-corrected chi connectivity index (χ2v) is 3.47. The van der Waals surface area contributed by atoms with Gasteiger partial charge in [-0.1, -0.05) is 30.3 Å². The summed E-state index contributed by atoms with van der Waals surface area (Å²) in [4.78, 5) is 0. The Morgan fingerprint density at radius 1 is 1.00 bits per heavy atom. The fraction of sp³-hybridized carbons (Fsp3) is 0.455. The predicted octanol–water partition coefficient (Wildman–Crippen LogP) is 0.605. The zero-order valence-corrected chi connectivity index (χ0v) is 8.19. The Labute approximate surface area is 84.2 Å². The molecule has 3 heteroatoms. The number of hydrogen-bond acceptors (Lipinski definition) is 3. The van der Waals surface area contributed by atoms with Gasteiger partial charge in [-0.15, -0.1) is 0 Å². The summed E-state index contributed by atoms with van der Waals surface area (Å²) in [5, 5.41) is 17.9. The van der Waals surface area contributed by atoms with E-state index in [1.807, 2.05) is 30.3 Å². The van der Waals surface area contributed by atoms with Crippen molar-refractivity contribution in [2.24, 2.45) is 5.73 Å². The SMILES string of the molecule is NC(CCO)(CCO)c1ccccc1. The molecular weight excluding hydrogens is 178 g/mol. The number of aliphatic hydroxyl groups excluding tert-OH is 2. The second kappa shape index (κ2) is 5.10. The normalized spacial score (nSPS) is 11.6. The van der Waals surface area contributed by atoms with E-state index in [4.69, 9.17) is 15.9 Å². The van der Waals surface area contributed by atoms with Gasteiger partial charge in [0.05, 0.1) is 0 Å². The lowest BCUT2D eigenvalue weighted by atomic mass is 9.85. The summed E-state index contributed by atoms with van der Waals surface area (Å²) in [6, 6.07) is 9.58. The Bertz CT molecular complexity index is 255. The van der Waals surface area contributed by atoms with Gasteiger partial charge in [0, 0.05) is 18.8 Å². The van der Waals surface area contributed by atoms with E-state index in [-0.39, 0.29) is 13.2 Å². The molecule has 0 radical (unpaired) electrons. The lowest BCUT2D eigenvalue weighted by Gasteiger charge is -2.28. The Morgan fingerprint density at radius 2 is 1.50 bits per heavy atom. The highest BCUT2D eigenvalue weighted by atomic mass is 16.3. The van der Waals surface area contributed by atoms with Gasteiger partial charge in [-0.3, -0.25) is 0 Å². The molecule has 0 heterocycles. The molecule has 0 bridgehead atoms. The van der Waals surface area contributed by atoms with Crippen LogP contribution >= 0.6 is 0 Å². The monoisotopic (exact) mass is 195 g/mol. The molecule has 0 aliphatic heterocycles. The molecule has 78 valence electrons. The first-order valence-electron chi connectivity index (χ1n) is 4.79. The zero-order valence-electron chi connectivity index (χ0n) is 8.19. The van der Waals surface area contributed by atoms with Crippen LogP contribution in [0.15, 0.2) is 30.3 Å². The van der Waals surface area contributed by atoms with E-state index in [2.05, 4.69) is 0 Å². The first-order chi connectivity index (χ1) is 6.73. The van der Waals surface area contributed by atoms with Crippen LogP contribution in [0.25, 0.3) is 0 Å². The molecule has 0 aromatic heterocycles. The van der Waals surface area contributed by atoms with Crippen molar-refractivity contribution in [3.8, 4) is 0 Å². The molecule has 0 atom stereocenters. The van der Waals surface area contributed by atoms with E-state index >= 15 is 0 Å². The molecular formula is C11H17NO2. The fourth-order valence-electron chi connectivity index (χ4n) is 1.58. The van der Waals surface area contributed by atoms with Gasteiger partial charge in [-0.2, -0.15) is 0 Å². The molecule has 0 fully saturated rings. The van der Waals surface area contributed by atoms with Gasteiger partial charge in [0.2, 0.25) is 0 Å². The molecule has 1 aromatic carbocycles. The number of benzene rings is 1. The Hall–Kier alpha value is -0.900. The van der Waals surface area contributed by atoms with Gasteiger partial charge in [-0.25, -0.2) is 0 Å². The molecule has 0 amide bonds. The van der Waals surface area contributed by atoms with E-state index in [0.29, 0.717) is 12.8 Å². The average Bonchev–Trinajstić information content (AvgIpc) is 2.20. The van der Waals surface area contributed by atoms with Crippen LogP contribution in [-0.2, 0) is 5.54 Å². The average molecular weight is 195 g/mol. The highest BCUT2D eigenvalue weighted by molar-refractivity contribution is 5.23. The fourth-order valence-corrected chi connectivity index (χ4v) is 1.58. The summed E-state index contributed by atoms with van der Waals surface area (Å²) in [6.07, 6.45) is 0.940. The van der Waals surface area contributed by atoms with Crippen molar-refractivity contribution in [3.05, 3.63) is 35.9 Å². The van der Waals surface area contributed by atoms with E-state index in [9.17, 15) is 0 Å². The van der Waals surface area contributed by atoms with Crippen LogP contribution in [0.1, 0.15) is 18.4 Å². The highest BCUT2D eigenvalue weighted by Crippen LogP contribution is 2.25. The molecule has 0 saturated carbocycles. The summed E-state index contributed by atoms with van der Waals surface area (Å²) in [7, 11) is 0. The minimum Gasteiger partial charge on any atom is -0.396 e. The van der Waals surface area contributed by atoms with E-state index < -0.39 is 5.54 Å². The topological polar surface area (TPSA) is 66.5 Å². The van der Waals surface area contributed by atoms with Crippen LogP contribution in [0.2, 0.25) is 0 Å². The number of nitrogens with two attached hydrogens (primary N) is 1. The Morgan fingerprint density at radius 3 is 1.93 bits per heavy atom. The summed E-state index contributed by atoms with van der Waals surface area (Å²) < 4.78 is 0. The van der Waals surface area contributed by atoms with Crippen molar-refractivity contribution in [1.29, 1.82) is 0 Å². The van der Waals surface area contributed by atoms with Crippen LogP contribution in [-0.4, -0.2) is 23.4 Å². The molecule has 0 saturated heterocycles. The summed E-state index contributed by atoms with van der Waals surface area (Å²) in [6.45, 7) is 0.0663. The lowest BCUT2D eigenvalue weighted by molar-refractivity contribution is 0.193. The van der Waals surface area contributed by atoms with Crippen LogP contribution in [0, 0.1) is 0 Å². The van der Waals surface area contributed by atoms with Gasteiger partial charge >= 0.3 is 0 Å². The standard InChI is InChI=1S/C11H17NO2/c12-11(6-8-13,7-9-14)10-4-2-1-3-5-10/h1-5,13-14H,6-9,12H2. The smallest absolute Gasteiger partial charge is 0.0453 e. The van der Waals surface area contributed by atoms with Crippen molar-refractivity contribution in [1.82, 2.24) is 0 Å². The van der Waals surface area contributed by atoms with Crippen LogP contribution in [0.4, 0.5) is 0 Å². The molecule has 0 aliphatic rings. The maximum Gasteiger partial charge on any atom is 0.0453 e. The van der Waals surface area contributed by atoms with Crippen molar-refractivity contribution in [2.45, 2.75) is 18.4 Å². The quantitative estimate of drug-likeness (QED) is 0.644. The Balaban J connectivity index is 2.87. The molecule has 0 spiro atoms. The van der Waals surface area contributed by atoms with E-state index in [1.165, 1.54) is 0 Å². The highest BCUT2D eigenvalue weighted by Gasteiger charge is 2.25. The van der Waals surface area contributed by atoms with E-state index in [1.54, 1.807) is 0 Å². The van der Waals surface area contributed by atoms with Crippen molar-refractivity contribution >= 4 is 0 Å². The number of hydrogen-bond donors (Lipinski definition) is 3. The zero-order chi connectivity index (χ0) is 10.4. The van der Waals surface area contributed by atoms with E-state index in [0.717, 1.165) is 5.56 Å². The lowest BCUT2D eigenvalue weighted by Crippen LogP contribution is -2.38. The van der Waals surface area contributed by atoms with Gasteiger partial charge in [-0.05, 0) is 18.4 Å². The molecule has 0 unspecified atom stereocenters. The number of rotatable bonds is 5. The predicted molar refractivity (Wildman–Crippen MR) is 55.7 cm³/mol. The third kappa shape index (κ3) is 2.54. The molecule has 14 heavy (non-hydrogen) atoms. The van der Waals surface area contributed by atoms with Gasteiger partial charge in [0.25, 0.3) is 0 Å². The largest absolute Gasteiger partial charge is 0.396 e. The summed E-state index contributed by atoms with van der Waals surface area (Å²) in [5.41, 5.74) is 6.48. The second-order valence-electron chi connectivity index (χ2n) is 3.47. The van der Waals surface area contributed by atoms with Crippen molar-refractivity contribution < 1.29 is 10.2 Å². The van der Waals surface area contributed by atoms with Gasteiger partial charge in [0.1, 0.15) is 0 Å². The maximum atomic E-state index is 8.93. The molecule has 4 N–H and O–H groups in total. The number of aliphatic hydroxyl groups is 2. The van der Waals surface area contributed by atoms with Gasteiger partial charge < -0.3 is 15.9 Å². The summed E-state index contributed by atoms with van der Waals surface area (Å²) >= 11 is 0. The van der Waals surface area contributed by atoms with Crippen molar-refractivity contribution in [3.63, 3.8) is 0 Å². The Kier molecular flexibility index (Phi) is 4.07. The molecule has 1 aromatic rings. The van der Waals surface area contributed by atoms with Crippen LogP contribution < -0.4 is 5.73 Å². The first kappa shape index (κ1) is 11.2. The van der Waals surface area contributed by atoms with Crippen molar-refractivity contribution in [2.75, 3.05) is 13.2 Å². The summed E-state index contributed by atoms with van der Waals surface area (Å²) in [5.74, 6) is 0. The first-order valence-corrected chi connectivity index (χ1v) is 4.79. The molecule has 1 rings (SSSR count). The third-order valence-corrected chi connectivity index (χ3v) is 2.46. The molecule has 3 nitrogen and oxygen atoms in total. The van der Waals surface area contributed by atoms with Crippen LogP contribution in [0.5, 0.6) is 0 Å². The van der Waals surface area contributed by atoms with Gasteiger partial charge in [0.15, 0.2) is 0 Å². The minimum atomic E-state index is -0.606. The maximum absolute atomic E-state index is 8.93. The third-order valence-electron chi connectivity index (χ3n) is 2.46. The van der Waals surface area contributed by atoms with Crippen LogP contribution in [0.3, 0.4) is 0 Å². The minimum absolute atomic E-state index is 0.0331.